The number of ether oxygens (including phenoxy) is 1. The fourth-order valence-electron chi connectivity index (χ4n) is 2.23. The van der Waals surface area contributed by atoms with Crippen LogP contribution in [-0.4, -0.2) is 34.0 Å². The summed E-state index contributed by atoms with van der Waals surface area (Å²) in [5.74, 6) is -0.346. The largest absolute Gasteiger partial charge is 0.506 e. The second-order valence-corrected chi connectivity index (χ2v) is 7.26. The number of para-hydroxylation sites is 2. The second kappa shape index (κ2) is 7.56. The van der Waals surface area contributed by atoms with E-state index in [4.69, 9.17) is 16.2 Å². The number of aromatic nitrogens is 2. The van der Waals surface area contributed by atoms with Crippen molar-refractivity contribution in [2.75, 3.05) is 7.11 Å². The van der Waals surface area contributed by atoms with Gasteiger partial charge in [0.15, 0.2) is 10.0 Å². The number of rotatable bonds is 3. The van der Waals surface area contributed by atoms with Crippen molar-refractivity contribution in [3.05, 3.63) is 46.4 Å². The van der Waals surface area contributed by atoms with Crippen LogP contribution in [-0.2, 0) is 0 Å². The molecule has 2 aromatic heterocycles. The van der Waals surface area contributed by atoms with Crippen molar-refractivity contribution in [1.29, 1.82) is 0 Å². The van der Waals surface area contributed by atoms with E-state index < -0.39 is 11.8 Å². The summed E-state index contributed by atoms with van der Waals surface area (Å²) >= 11 is 2.44. The number of carbonyl (C=O) groups is 2. The number of benzene rings is 2. The first-order valence-electron chi connectivity index (χ1n) is 7.52. The number of nitrogens with zero attached hydrogens (tertiary/aromatic N) is 2. The molecule has 0 aliphatic carbocycles. The molecule has 0 spiro atoms. The van der Waals surface area contributed by atoms with Crippen molar-refractivity contribution in [3.8, 4) is 11.5 Å². The minimum atomic E-state index is -0.569. The summed E-state index contributed by atoms with van der Waals surface area (Å²) in [5, 5.41) is 9.89. The molecule has 0 saturated heterocycles. The van der Waals surface area contributed by atoms with Gasteiger partial charge in [-0.2, -0.15) is 0 Å². The highest BCUT2D eigenvalue weighted by molar-refractivity contribution is 7.20. The number of phenolic OH excluding ortho intramolecular Hbond substituents is 1. The number of hydrogen-bond acceptors (Lipinski definition) is 8. The van der Waals surface area contributed by atoms with Crippen LogP contribution >= 0.6 is 22.7 Å². The molecule has 8 nitrogen and oxygen atoms in total. The van der Waals surface area contributed by atoms with Gasteiger partial charge in [-0.25, -0.2) is 9.97 Å². The van der Waals surface area contributed by atoms with Crippen LogP contribution in [0.25, 0.3) is 20.4 Å². The molecule has 0 fully saturated rings. The Labute approximate surface area is 161 Å². The van der Waals surface area contributed by atoms with E-state index in [0.29, 0.717) is 21.8 Å². The molecule has 4 aromatic rings. The van der Waals surface area contributed by atoms with E-state index in [1.165, 1.54) is 28.7 Å². The molecular weight excluding hydrogens is 388 g/mol. The number of thiazole rings is 2. The van der Waals surface area contributed by atoms with Crippen molar-refractivity contribution in [2.24, 2.45) is 11.5 Å². The summed E-state index contributed by atoms with van der Waals surface area (Å²) in [5.41, 5.74) is 11.3. The first-order valence-corrected chi connectivity index (χ1v) is 9.15. The fourth-order valence-corrected chi connectivity index (χ4v) is 3.91. The van der Waals surface area contributed by atoms with Gasteiger partial charge in [0.25, 0.3) is 11.8 Å². The number of primary amides is 2. The summed E-state index contributed by atoms with van der Waals surface area (Å²) in [4.78, 5) is 29.7. The first-order chi connectivity index (χ1) is 12.9. The van der Waals surface area contributed by atoms with Gasteiger partial charge < -0.3 is 21.3 Å². The van der Waals surface area contributed by atoms with Crippen LogP contribution in [0, 0.1) is 0 Å². The molecule has 0 radical (unpaired) electrons. The van der Waals surface area contributed by atoms with Gasteiger partial charge in [0.2, 0.25) is 0 Å². The monoisotopic (exact) mass is 402 g/mol. The van der Waals surface area contributed by atoms with E-state index in [0.717, 1.165) is 9.40 Å². The van der Waals surface area contributed by atoms with Gasteiger partial charge in [0, 0.05) is 0 Å². The molecule has 4 rings (SSSR count). The predicted molar refractivity (Wildman–Crippen MR) is 104 cm³/mol. The molecule has 0 unspecified atom stereocenters. The third kappa shape index (κ3) is 3.81. The Morgan fingerprint density at radius 1 is 0.926 bits per heavy atom. The summed E-state index contributed by atoms with van der Waals surface area (Å²) < 4.78 is 6.77. The van der Waals surface area contributed by atoms with Gasteiger partial charge in [0.05, 0.1) is 16.5 Å². The van der Waals surface area contributed by atoms with Crippen molar-refractivity contribution < 1.29 is 19.4 Å². The van der Waals surface area contributed by atoms with Crippen LogP contribution in [0.5, 0.6) is 11.5 Å². The minimum absolute atomic E-state index is 0.0706. The Bertz CT molecular complexity index is 1150. The molecule has 10 heteroatoms. The van der Waals surface area contributed by atoms with Crippen LogP contribution in [0.3, 0.4) is 0 Å². The lowest BCUT2D eigenvalue weighted by molar-refractivity contribution is 0.0991. The lowest BCUT2D eigenvalue weighted by Gasteiger charge is -1.97. The predicted octanol–water partition coefficient (Wildman–Crippen LogP) is 2.50. The molecule has 2 aromatic carbocycles. The topological polar surface area (TPSA) is 141 Å². The van der Waals surface area contributed by atoms with Gasteiger partial charge >= 0.3 is 0 Å². The van der Waals surface area contributed by atoms with Gasteiger partial charge in [-0.05, 0) is 24.3 Å². The quantitative estimate of drug-likeness (QED) is 0.481. The highest BCUT2D eigenvalue weighted by atomic mass is 32.1. The summed E-state index contributed by atoms with van der Waals surface area (Å²) in [7, 11) is 1.57. The molecule has 2 heterocycles. The van der Waals surface area contributed by atoms with Gasteiger partial charge in [-0.15, -0.1) is 22.7 Å². The highest BCUT2D eigenvalue weighted by Gasteiger charge is 2.11. The number of hydrogen-bond donors (Lipinski definition) is 3. The number of aromatic hydroxyl groups is 1. The summed E-state index contributed by atoms with van der Waals surface area (Å²) in [6, 6.07) is 10.5. The Hall–Kier alpha value is -3.24. The van der Waals surface area contributed by atoms with Crippen LogP contribution < -0.4 is 16.2 Å². The Kier molecular flexibility index (Phi) is 5.19. The number of amides is 2. The van der Waals surface area contributed by atoms with Crippen molar-refractivity contribution in [3.63, 3.8) is 0 Å². The van der Waals surface area contributed by atoms with E-state index in [9.17, 15) is 14.7 Å². The van der Waals surface area contributed by atoms with Gasteiger partial charge in [-0.1, -0.05) is 12.1 Å². The molecule has 2 amide bonds. The Morgan fingerprint density at radius 3 is 1.96 bits per heavy atom. The molecule has 0 aliphatic rings. The number of methoxy groups -OCH3 is 1. The van der Waals surface area contributed by atoms with Crippen LogP contribution in [0.4, 0.5) is 0 Å². The summed E-state index contributed by atoms with van der Waals surface area (Å²) in [6.45, 7) is 0. The molecule has 5 N–H and O–H groups in total. The lowest BCUT2D eigenvalue weighted by atomic mass is 10.3. The van der Waals surface area contributed by atoms with Crippen LogP contribution in [0.2, 0.25) is 0 Å². The lowest BCUT2D eigenvalue weighted by Crippen LogP contribution is -2.09. The van der Waals surface area contributed by atoms with E-state index >= 15 is 0 Å². The molecule has 27 heavy (non-hydrogen) atoms. The maximum absolute atomic E-state index is 10.9. The van der Waals surface area contributed by atoms with Crippen LogP contribution in [0.15, 0.2) is 36.4 Å². The zero-order chi connectivity index (χ0) is 19.6. The normalized spacial score (nSPS) is 10.4. The Morgan fingerprint density at radius 2 is 1.44 bits per heavy atom. The molecule has 138 valence electrons. The van der Waals surface area contributed by atoms with E-state index in [2.05, 4.69) is 9.97 Å². The third-order valence-corrected chi connectivity index (χ3v) is 5.49. The second-order valence-electron chi connectivity index (χ2n) is 5.20. The SMILES string of the molecule is COc1cccc2sc(C(N)=O)nc12.NC(=O)c1nc2c(O)cccc2s1. The average molecular weight is 402 g/mol. The standard InChI is InChI=1S/C9H8N2O2S.C8H6N2O2S/c1-13-5-3-2-4-6-7(5)11-9(14-6)8(10)12;9-7(12)8-10-6-4(11)2-1-3-5(6)13-8/h2-4H,1H3,(H2,10,12);1-3,11H,(H2,9,12). The maximum atomic E-state index is 10.9. The zero-order valence-corrected chi connectivity index (χ0v) is 15.6. The maximum Gasteiger partial charge on any atom is 0.277 e. The Balaban J connectivity index is 0.000000156. The molecule has 0 aliphatic heterocycles. The van der Waals surface area contributed by atoms with Crippen LogP contribution in [0.1, 0.15) is 19.6 Å². The minimum Gasteiger partial charge on any atom is -0.506 e. The van der Waals surface area contributed by atoms with E-state index in [1.54, 1.807) is 25.3 Å². The van der Waals surface area contributed by atoms with Gasteiger partial charge in [0.1, 0.15) is 22.5 Å². The highest BCUT2D eigenvalue weighted by Crippen LogP contribution is 2.29. The van der Waals surface area contributed by atoms with Crippen molar-refractivity contribution in [1.82, 2.24) is 9.97 Å². The zero-order valence-electron chi connectivity index (χ0n) is 14.0. The van der Waals surface area contributed by atoms with Crippen molar-refractivity contribution >= 4 is 54.9 Å². The molecule has 0 bridgehead atoms. The number of carbonyl (C=O) groups excluding carboxylic acids is 2. The average Bonchev–Trinajstić information content (AvgIpc) is 3.27. The molecule has 0 atom stereocenters. The van der Waals surface area contributed by atoms with Gasteiger partial charge in [-0.3, -0.25) is 9.59 Å². The number of nitrogens with two attached hydrogens (primary N) is 2. The van der Waals surface area contributed by atoms with E-state index in [-0.39, 0.29) is 10.8 Å². The molecular formula is C17H14N4O4S2. The number of fused-ring (bicyclic) bond motifs is 2. The summed E-state index contributed by atoms with van der Waals surface area (Å²) in [6.07, 6.45) is 0. The first kappa shape index (κ1) is 18.5. The van der Waals surface area contributed by atoms with E-state index in [1.807, 2.05) is 12.1 Å². The smallest absolute Gasteiger partial charge is 0.277 e. The fraction of sp³-hybridized carbons (Fsp3) is 0.0588. The third-order valence-electron chi connectivity index (χ3n) is 3.42. The van der Waals surface area contributed by atoms with Crippen molar-refractivity contribution in [2.45, 2.75) is 0 Å². The molecule has 0 saturated carbocycles. The number of phenols is 1.